The Kier molecular flexibility index (Phi) is 5.70. The van der Waals surface area contributed by atoms with Gasteiger partial charge in [0.2, 0.25) is 0 Å². The van der Waals surface area contributed by atoms with Gasteiger partial charge in [0, 0.05) is 0 Å². The van der Waals surface area contributed by atoms with Gasteiger partial charge in [-0.05, 0) is 36.0 Å². The number of nitrogens with one attached hydrogen (secondary N) is 1. The summed E-state index contributed by atoms with van der Waals surface area (Å²) in [6, 6.07) is 14.6. The first kappa shape index (κ1) is 21.6. The minimum absolute atomic E-state index is 0.0444. The van der Waals surface area contributed by atoms with Crippen LogP contribution in [0.25, 0.3) is 0 Å². The Morgan fingerprint density at radius 1 is 1.03 bits per heavy atom. The van der Waals surface area contributed by atoms with Crippen LogP contribution in [0, 0.1) is 6.92 Å². The molecule has 1 aliphatic rings. The van der Waals surface area contributed by atoms with Crippen molar-refractivity contribution in [1.82, 2.24) is 10.2 Å². The highest BCUT2D eigenvalue weighted by atomic mass is 16.5. The number of aryl methyl sites for hydroxylation is 1. The summed E-state index contributed by atoms with van der Waals surface area (Å²) in [7, 11) is 0. The Hall–Kier alpha value is -3.15. The maximum absolute atomic E-state index is 12.9. The van der Waals surface area contributed by atoms with E-state index >= 15 is 0 Å². The molecule has 2 aromatic rings. The zero-order valence-electron chi connectivity index (χ0n) is 18.1. The van der Waals surface area contributed by atoms with Crippen molar-refractivity contribution in [2.75, 3.05) is 6.54 Å². The van der Waals surface area contributed by atoms with Crippen LogP contribution in [-0.2, 0) is 31.9 Å². The number of nitrogens with zero attached hydrogens (tertiary/aromatic N) is 1. The Bertz CT molecular complexity index is 958. The van der Waals surface area contributed by atoms with Crippen LogP contribution >= 0.6 is 0 Å². The van der Waals surface area contributed by atoms with Gasteiger partial charge in [0.1, 0.15) is 18.7 Å². The van der Waals surface area contributed by atoms with Crippen LogP contribution in [0.2, 0.25) is 0 Å². The fourth-order valence-electron chi connectivity index (χ4n) is 3.36. The van der Waals surface area contributed by atoms with Crippen molar-refractivity contribution in [2.24, 2.45) is 0 Å². The third-order valence-corrected chi connectivity index (χ3v) is 5.41. The predicted molar refractivity (Wildman–Crippen MR) is 114 cm³/mol. The standard InChI is InChI=1S/C24H28N2O4/c1-16-6-10-19(11-7-16)24(5)21(28)26(22(29)25-24)14-20(27)30-15-17-8-12-18(13-9-17)23(2,3)4/h6-13H,14-15H2,1-5H3,(H,25,29)/t24-/m0/s1. The van der Waals surface area contributed by atoms with Crippen molar-refractivity contribution in [3.8, 4) is 0 Å². The molecule has 0 spiro atoms. The molecule has 0 saturated carbocycles. The number of rotatable bonds is 5. The van der Waals surface area contributed by atoms with E-state index in [4.69, 9.17) is 4.74 Å². The lowest BCUT2D eigenvalue weighted by Crippen LogP contribution is -2.41. The molecule has 0 bridgehead atoms. The van der Waals surface area contributed by atoms with Crippen LogP contribution in [0.4, 0.5) is 4.79 Å². The highest BCUT2D eigenvalue weighted by molar-refractivity contribution is 6.08. The highest BCUT2D eigenvalue weighted by Gasteiger charge is 2.49. The molecule has 30 heavy (non-hydrogen) atoms. The van der Waals surface area contributed by atoms with E-state index in [1.54, 1.807) is 19.1 Å². The van der Waals surface area contributed by atoms with E-state index in [0.717, 1.165) is 16.0 Å². The molecule has 158 valence electrons. The lowest BCUT2D eigenvalue weighted by Gasteiger charge is -2.22. The number of hydrogen-bond acceptors (Lipinski definition) is 4. The third kappa shape index (κ3) is 4.37. The largest absolute Gasteiger partial charge is 0.459 e. The topological polar surface area (TPSA) is 75.7 Å². The average molecular weight is 408 g/mol. The fraction of sp³-hybridized carbons (Fsp3) is 0.375. The number of amides is 3. The second-order valence-electron chi connectivity index (χ2n) is 8.92. The molecule has 1 N–H and O–H groups in total. The van der Waals surface area contributed by atoms with Gasteiger partial charge in [-0.2, -0.15) is 0 Å². The highest BCUT2D eigenvalue weighted by Crippen LogP contribution is 2.29. The first-order valence-electron chi connectivity index (χ1n) is 9.97. The van der Waals surface area contributed by atoms with Gasteiger partial charge in [0.05, 0.1) is 0 Å². The first-order chi connectivity index (χ1) is 14.0. The number of urea groups is 1. The van der Waals surface area contributed by atoms with Gasteiger partial charge in [0.15, 0.2) is 0 Å². The second kappa shape index (κ2) is 7.94. The van der Waals surface area contributed by atoms with Gasteiger partial charge in [-0.1, -0.05) is 74.9 Å². The smallest absolute Gasteiger partial charge is 0.326 e. The van der Waals surface area contributed by atoms with Gasteiger partial charge < -0.3 is 10.1 Å². The normalized spacial score (nSPS) is 19.0. The van der Waals surface area contributed by atoms with Crippen molar-refractivity contribution < 1.29 is 19.1 Å². The Balaban J connectivity index is 1.62. The van der Waals surface area contributed by atoms with E-state index in [1.165, 1.54) is 5.56 Å². The van der Waals surface area contributed by atoms with E-state index in [-0.39, 0.29) is 12.0 Å². The summed E-state index contributed by atoms with van der Waals surface area (Å²) < 4.78 is 5.29. The van der Waals surface area contributed by atoms with E-state index in [1.807, 2.05) is 43.3 Å². The van der Waals surface area contributed by atoms with Crippen LogP contribution in [0.15, 0.2) is 48.5 Å². The lowest BCUT2D eigenvalue weighted by molar-refractivity contribution is -0.148. The molecule has 0 radical (unpaired) electrons. The molecule has 0 unspecified atom stereocenters. The molecule has 1 saturated heterocycles. The van der Waals surface area contributed by atoms with Crippen LogP contribution in [0.5, 0.6) is 0 Å². The van der Waals surface area contributed by atoms with Crippen molar-refractivity contribution in [3.05, 3.63) is 70.8 Å². The van der Waals surface area contributed by atoms with E-state index in [9.17, 15) is 14.4 Å². The Morgan fingerprint density at radius 2 is 1.63 bits per heavy atom. The van der Waals surface area contributed by atoms with Crippen molar-refractivity contribution in [3.63, 3.8) is 0 Å². The predicted octanol–water partition coefficient (Wildman–Crippen LogP) is 3.80. The Labute approximate surface area is 177 Å². The molecule has 3 rings (SSSR count). The number of ether oxygens (including phenoxy) is 1. The Morgan fingerprint density at radius 3 is 2.20 bits per heavy atom. The van der Waals surface area contributed by atoms with Crippen LogP contribution < -0.4 is 5.32 Å². The zero-order chi connectivity index (χ0) is 22.1. The summed E-state index contributed by atoms with van der Waals surface area (Å²) >= 11 is 0. The zero-order valence-corrected chi connectivity index (χ0v) is 18.1. The lowest BCUT2D eigenvalue weighted by atomic mass is 9.87. The minimum Gasteiger partial charge on any atom is -0.459 e. The third-order valence-electron chi connectivity index (χ3n) is 5.41. The number of hydrogen-bond donors (Lipinski definition) is 1. The maximum Gasteiger partial charge on any atom is 0.326 e. The van der Waals surface area contributed by atoms with Crippen molar-refractivity contribution >= 4 is 17.9 Å². The molecule has 1 heterocycles. The van der Waals surface area contributed by atoms with Gasteiger partial charge >= 0.3 is 12.0 Å². The summed E-state index contributed by atoms with van der Waals surface area (Å²) in [6.07, 6.45) is 0. The summed E-state index contributed by atoms with van der Waals surface area (Å²) in [4.78, 5) is 38.5. The fourth-order valence-corrected chi connectivity index (χ4v) is 3.36. The van der Waals surface area contributed by atoms with E-state index in [2.05, 4.69) is 26.1 Å². The number of benzene rings is 2. The summed E-state index contributed by atoms with van der Waals surface area (Å²) in [5.41, 5.74) is 2.60. The molecule has 2 aromatic carbocycles. The monoisotopic (exact) mass is 408 g/mol. The second-order valence-corrected chi connectivity index (χ2v) is 8.92. The molecule has 1 atom stereocenters. The molecule has 6 heteroatoms. The molecule has 0 aromatic heterocycles. The summed E-state index contributed by atoms with van der Waals surface area (Å²) in [5.74, 6) is -1.10. The molecule has 0 aliphatic carbocycles. The summed E-state index contributed by atoms with van der Waals surface area (Å²) in [5, 5.41) is 2.70. The quantitative estimate of drug-likeness (QED) is 0.603. The minimum atomic E-state index is -1.20. The molecule has 3 amide bonds. The molecule has 1 fully saturated rings. The number of esters is 1. The van der Waals surface area contributed by atoms with Crippen LogP contribution in [-0.4, -0.2) is 29.4 Å². The van der Waals surface area contributed by atoms with Gasteiger partial charge in [-0.25, -0.2) is 4.79 Å². The van der Waals surface area contributed by atoms with Crippen molar-refractivity contribution in [1.29, 1.82) is 0 Å². The van der Waals surface area contributed by atoms with Gasteiger partial charge in [-0.3, -0.25) is 14.5 Å². The van der Waals surface area contributed by atoms with Crippen molar-refractivity contribution in [2.45, 2.75) is 52.2 Å². The number of imide groups is 1. The van der Waals surface area contributed by atoms with Crippen LogP contribution in [0.3, 0.4) is 0 Å². The van der Waals surface area contributed by atoms with Crippen LogP contribution in [0.1, 0.15) is 49.9 Å². The molecular formula is C24H28N2O4. The molecular weight excluding hydrogens is 380 g/mol. The first-order valence-corrected chi connectivity index (χ1v) is 9.97. The summed E-state index contributed by atoms with van der Waals surface area (Å²) in [6.45, 7) is 9.63. The molecule has 1 aliphatic heterocycles. The number of carbonyl (C=O) groups excluding carboxylic acids is 3. The van der Waals surface area contributed by atoms with Gasteiger partial charge in [-0.15, -0.1) is 0 Å². The van der Waals surface area contributed by atoms with E-state index < -0.39 is 30.0 Å². The SMILES string of the molecule is Cc1ccc([C@]2(C)NC(=O)N(CC(=O)OCc3ccc(C(C)(C)C)cc3)C2=O)cc1. The van der Waals surface area contributed by atoms with Gasteiger partial charge in [0.25, 0.3) is 5.91 Å². The van der Waals surface area contributed by atoms with E-state index in [0.29, 0.717) is 5.56 Å². The molecule has 6 nitrogen and oxygen atoms in total. The average Bonchev–Trinajstić information content (AvgIpc) is 2.90. The number of carbonyl (C=O) groups is 3. The maximum atomic E-state index is 12.9.